The van der Waals surface area contributed by atoms with Crippen molar-refractivity contribution >= 4 is 27.3 Å². The number of nitrogens with zero attached hydrogens (tertiary/aromatic N) is 1. The minimum Gasteiger partial charge on any atom is -0.359 e. The maximum Gasteiger partial charge on any atom is 0.243 e. The summed E-state index contributed by atoms with van der Waals surface area (Å²) >= 11 is 0. The first-order chi connectivity index (χ1) is 11.7. The minimum absolute atomic E-state index is 0.101. The summed E-state index contributed by atoms with van der Waals surface area (Å²) in [6.07, 6.45) is 0.677. The second-order valence-corrected chi connectivity index (χ2v) is 7.99. The largest absolute Gasteiger partial charge is 0.359 e. The second kappa shape index (κ2) is 6.50. The number of nitrogens with one attached hydrogen (secondary N) is 1. The normalized spacial score (nSPS) is 16.6. The summed E-state index contributed by atoms with van der Waals surface area (Å²) in [6, 6.07) is 12.5. The van der Waals surface area contributed by atoms with Crippen molar-refractivity contribution < 1.29 is 13.2 Å². The van der Waals surface area contributed by atoms with Crippen LogP contribution in [0.5, 0.6) is 0 Å². The molecule has 0 fully saturated rings. The van der Waals surface area contributed by atoms with Crippen LogP contribution in [0.15, 0.2) is 47.4 Å². The highest BCUT2D eigenvalue weighted by molar-refractivity contribution is 7.89. The predicted molar refractivity (Wildman–Crippen MR) is 98.1 cm³/mol. The van der Waals surface area contributed by atoms with E-state index in [0.717, 1.165) is 22.5 Å². The summed E-state index contributed by atoms with van der Waals surface area (Å²) in [6.45, 7) is 4.21. The number of hydrogen-bond acceptors (Lipinski definition) is 4. The topological polar surface area (TPSA) is 92.5 Å². The van der Waals surface area contributed by atoms with Gasteiger partial charge >= 0.3 is 0 Å². The number of fused-ring (bicyclic) bond motifs is 1. The molecule has 0 spiro atoms. The number of hydrogen-bond donors (Lipinski definition) is 2. The number of benzene rings is 2. The van der Waals surface area contributed by atoms with Crippen molar-refractivity contribution in [2.75, 3.05) is 16.8 Å². The number of primary sulfonamides is 1. The Bertz CT molecular complexity index is 908. The SMILES string of the molecule is Cc1ccc(NC(=O)CN2c3ccc(S(N)(=O)=O)cc3C[C@H]2C)cc1. The summed E-state index contributed by atoms with van der Waals surface area (Å²) in [5.41, 5.74) is 3.65. The molecule has 7 heteroatoms. The van der Waals surface area contributed by atoms with Crippen molar-refractivity contribution in [3.8, 4) is 0 Å². The molecule has 132 valence electrons. The zero-order valence-corrected chi connectivity index (χ0v) is 15.0. The summed E-state index contributed by atoms with van der Waals surface area (Å²) in [5.74, 6) is -0.112. The van der Waals surface area contributed by atoms with Gasteiger partial charge in [0, 0.05) is 17.4 Å². The monoisotopic (exact) mass is 359 g/mol. The van der Waals surface area contributed by atoms with Crippen LogP contribution in [0.25, 0.3) is 0 Å². The predicted octanol–water partition coefficient (Wildman–Crippen LogP) is 2.03. The first kappa shape index (κ1) is 17.4. The fourth-order valence-electron chi connectivity index (χ4n) is 3.08. The zero-order valence-electron chi connectivity index (χ0n) is 14.2. The summed E-state index contributed by atoms with van der Waals surface area (Å²) < 4.78 is 23.0. The number of carbonyl (C=O) groups excluding carboxylic acids is 1. The first-order valence-electron chi connectivity index (χ1n) is 8.03. The van der Waals surface area contributed by atoms with E-state index in [-0.39, 0.29) is 23.4 Å². The third kappa shape index (κ3) is 3.83. The molecule has 1 amide bonds. The highest BCUT2D eigenvalue weighted by Crippen LogP contribution is 2.33. The Kier molecular flexibility index (Phi) is 4.53. The molecule has 0 saturated heterocycles. The Morgan fingerprint density at radius 2 is 1.92 bits per heavy atom. The van der Waals surface area contributed by atoms with Crippen molar-refractivity contribution in [2.24, 2.45) is 5.14 Å². The van der Waals surface area contributed by atoms with E-state index in [9.17, 15) is 13.2 Å². The number of anilines is 2. The van der Waals surface area contributed by atoms with Crippen molar-refractivity contribution in [1.82, 2.24) is 0 Å². The molecule has 2 aromatic carbocycles. The van der Waals surface area contributed by atoms with Gasteiger partial charge in [0.25, 0.3) is 0 Å². The number of rotatable bonds is 4. The molecule has 1 heterocycles. The van der Waals surface area contributed by atoms with Crippen LogP contribution in [-0.2, 0) is 21.2 Å². The van der Waals surface area contributed by atoms with E-state index in [1.54, 1.807) is 12.1 Å². The van der Waals surface area contributed by atoms with Gasteiger partial charge < -0.3 is 10.2 Å². The number of aryl methyl sites for hydroxylation is 1. The Hall–Kier alpha value is -2.38. The van der Waals surface area contributed by atoms with E-state index in [0.29, 0.717) is 6.42 Å². The molecule has 0 aromatic heterocycles. The smallest absolute Gasteiger partial charge is 0.243 e. The molecule has 3 N–H and O–H groups in total. The van der Waals surface area contributed by atoms with Crippen LogP contribution in [0.1, 0.15) is 18.1 Å². The Morgan fingerprint density at radius 1 is 1.24 bits per heavy atom. The molecule has 0 radical (unpaired) electrons. The van der Waals surface area contributed by atoms with E-state index in [2.05, 4.69) is 5.32 Å². The standard InChI is InChI=1S/C18H21N3O3S/c1-12-3-5-15(6-4-12)20-18(22)11-21-13(2)9-14-10-16(25(19,23)24)7-8-17(14)21/h3-8,10,13H,9,11H2,1-2H3,(H,20,22)(H2,19,23,24)/t13-/m1/s1. The molecular weight excluding hydrogens is 338 g/mol. The second-order valence-electron chi connectivity index (χ2n) is 6.43. The fourth-order valence-corrected chi connectivity index (χ4v) is 3.65. The third-order valence-electron chi connectivity index (χ3n) is 4.39. The maximum absolute atomic E-state index is 12.4. The van der Waals surface area contributed by atoms with Crippen LogP contribution in [0.2, 0.25) is 0 Å². The molecular formula is C18H21N3O3S. The van der Waals surface area contributed by atoms with Crippen LogP contribution >= 0.6 is 0 Å². The summed E-state index contributed by atoms with van der Waals surface area (Å²) in [5, 5.41) is 8.08. The van der Waals surface area contributed by atoms with E-state index < -0.39 is 10.0 Å². The van der Waals surface area contributed by atoms with Gasteiger partial charge in [-0.05, 0) is 56.2 Å². The number of sulfonamides is 1. The average Bonchev–Trinajstić information content (AvgIpc) is 2.84. The molecule has 2 aromatic rings. The molecule has 0 unspecified atom stereocenters. The lowest BCUT2D eigenvalue weighted by Crippen LogP contribution is -2.37. The Labute approximate surface area is 147 Å². The number of carbonyl (C=O) groups is 1. The van der Waals surface area contributed by atoms with Crippen molar-refractivity contribution in [3.05, 3.63) is 53.6 Å². The van der Waals surface area contributed by atoms with Crippen LogP contribution < -0.4 is 15.4 Å². The van der Waals surface area contributed by atoms with Crippen LogP contribution in [0.3, 0.4) is 0 Å². The maximum atomic E-state index is 12.4. The van der Waals surface area contributed by atoms with E-state index >= 15 is 0 Å². The molecule has 25 heavy (non-hydrogen) atoms. The van der Waals surface area contributed by atoms with Crippen LogP contribution in [0, 0.1) is 6.92 Å². The van der Waals surface area contributed by atoms with E-state index in [1.165, 1.54) is 6.07 Å². The van der Waals surface area contributed by atoms with Crippen LogP contribution in [0.4, 0.5) is 11.4 Å². The fraction of sp³-hybridized carbons (Fsp3) is 0.278. The van der Waals surface area contributed by atoms with Gasteiger partial charge in [0.05, 0.1) is 11.4 Å². The Morgan fingerprint density at radius 3 is 2.56 bits per heavy atom. The van der Waals surface area contributed by atoms with Crippen LogP contribution in [-0.4, -0.2) is 26.9 Å². The van der Waals surface area contributed by atoms with Crippen molar-refractivity contribution in [2.45, 2.75) is 31.2 Å². The summed E-state index contributed by atoms with van der Waals surface area (Å²) in [4.78, 5) is 14.4. The van der Waals surface area contributed by atoms with E-state index in [1.807, 2.05) is 43.0 Å². The lowest BCUT2D eigenvalue weighted by molar-refractivity contribution is -0.115. The molecule has 0 aliphatic carbocycles. The zero-order chi connectivity index (χ0) is 18.2. The lowest BCUT2D eigenvalue weighted by atomic mass is 10.1. The highest BCUT2D eigenvalue weighted by Gasteiger charge is 2.28. The van der Waals surface area contributed by atoms with Gasteiger partial charge in [-0.3, -0.25) is 4.79 Å². The van der Waals surface area contributed by atoms with Crippen molar-refractivity contribution in [1.29, 1.82) is 0 Å². The first-order valence-corrected chi connectivity index (χ1v) is 9.57. The molecule has 0 bridgehead atoms. The summed E-state index contributed by atoms with van der Waals surface area (Å²) in [7, 11) is -3.72. The molecule has 6 nitrogen and oxygen atoms in total. The van der Waals surface area contributed by atoms with Gasteiger partial charge in [-0.15, -0.1) is 0 Å². The van der Waals surface area contributed by atoms with Gasteiger partial charge in [0.1, 0.15) is 0 Å². The minimum atomic E-state index is -3.72. The highest BCUT2D eigenvalue weighted by atomic mass is 32.2. The third-order valence-corrected chi connectivity index (χ3v) is 5.30. The lowest BCUT2D eigenvalue weighted by Gasteiger charge is -2.24. The molecule has 1 aliphatic heterocycles. The number of nitrogens with two attached hydrogens (primary N) is 1. The molecule has 1 aliphatic rings. The average molecular weight is 359 g/mol. The van der Waals surface area contributed by atoms with Gasteiger partial charge in [0.2, 0.25) is 15.9 Å². The molecule has 1 atom stereocenters. The Balaban J connectivity index is 1.76. The van der Waals surface area contributed by atoms with E-state index in [4.69, 9.17) is 5.14 Å². The number of amides is 1. The molecule has 3 rings (SSSR count). The van der Waals surface area contributed by atoms with Gasteiger partial charge in [-0.2, -0.15) is 0 Å². The van der Waals surface area contributed by atoms with Gasteiger partial charge in [0.15, 0.2) is 0 Å². The quantitative estimate of drug-likeness (QED) is 0.874. The molecule has 0 saturated carbocycles. The van der Waals surface area contributed by atoms with Crippen molar-refractivity contribution in [3.63, 3.8) is 0 Å². The van der Waals surface area contributed by atoms with Gasteiger partial charge in [-0.1, -0.05) is 17.7 Å². The van der Waals surface area contributed by atoms with Gasteiger partial charge in [-0.25, -0.2) is 13.6 Å².